The van der Waals surface area contributed by atoms with Crippen LogP contribution < -0.4 is 9.47 Å². The van der Waals surface area contributed by atoms with Crippen LogP contribution in [0.2, 0.25) is 5.02 Å². The molecule has 0 saturated heterocycles. The number of hydrogen-bond acceptors (Lipinski definition) is 5. The van der Waals surface area contributed by atoms with Crippen LogP contribution in [0.3, 0.4) is 0 Å². The first-order chi connectivity index (χ1) is 12.0. The van der Waals surface area contributed by atoms with Crippen molar-refractivity contribution >= 4 is 23.3 Å². The first kappa shape index (κ1) is 17.2. The van der Waals surface area contributed by atoms with Crippen LogP contribution in [0.5, 0.6) is 11.5 Å². The third-order valence-electron chi connectivity index (χ3n) is 3.56. The van der Waals surface area contributed by atoms with Crippen LogP contribution in [0.25, 0.3) is 0 Å². The minimum Gasteiger partial charge on any atom is -0.497 e. The molecule has 0 radical (unpaired) electrons. The van der Waals surface area contributed by atoms with E-state index in [1.165, 1.54) is 7.11 Å². The average molecular weight is 368 g/mol. The summed E-state index contributed by atoms with van der Waals surface area (Å²) in [5.74, 6) is -2.18. The SMILES string of the molecule is COc1ccc2c(c1)OCC/C2=N/OC(=O)c1cc(F)c(F)cc1Cl. The summed E-state index contributed by atoms with van der Waals surface area (Å²) < 4.78 is 37.0. The molecule has 130 valence electrons. The average Bonchev–Trinajstić information content (AvgIpc) is 2.62. The minimum atomic E-state index is -1.20. The summed E-state index contributed by atoms with van der Waals surface area (Å²) in [5.41, 5.74) is 0.819. The number of fused-ring (bicyclic) bond motifs is 1. The lowest BCUT2D eigenvalue weighted by molar-refractivity contribution is 0.0514. The Labute approximate surface area is 146 Å². The quantitative estimate of drug-likeness (QED) is 0.468. The number of nitrogens with zero attached hydrogens (tertiary/aromatic N) is 1. The summed E-state index contributed by atoms with van der Waals surface area (Å²) in [6.07, 6.45) is 0.415. The van der Waals surface area contributed by atoms with Crippen LogP contribution >= 0.6 is 11.6 Å². The fourth-order valence-corrected chi connectivity index (χ4v) is 2.53. The number of ether oxygens (including phenoxy) is 2. The van der Waals surface area contributed by atoms with Crippen molar-refractivity contribution in [3.63, 3.8) is 0 Å². The van der Waals surface area contributed by atoms with Crippen LogP contribution in [-0.4, -0.2) is 25.4 Å². The maximum Gasteiger partial charge on any atom is 0.367 e. The van der Waals surface area contributed by atoms with E-state index in [1.54, 1.807) is 18.2 Å². The molecular formula is C17H12ClF2NO4. The molecule has 2 aromatic rings. The summed E-state index contributed by atoms with van der Waals surface area (Å²) >= 11 is 5.74. The third-order valence-corrected chi connectivity index (χ3v) is 3.88. The first-order valence-corrected chi connectivity index (χ1v) is 7.61. The molecule has 1 aliphatic rings. The Hall–Kier alpha value is -2.67. The van der Waals surface area contributed by atoms with E-state index in [4.69, 9.17) is 25.9 Å². The Balaban J connectivity index is 1.84. The number of carbonyl (C=O) groups is 1. The normalized spacial score (nSPS) is 14.6. The smallest absolute Gasteiger partial charge is 0.367 e. The van der Waals surface area contributed by atoms with Gasteiger partial charge in [0.15, 0.2) is 11.6 Å². The fraction of sp³-hybridized carbons (Fsp3) is 0.176. The van der Waals surface area contributed by atoms with E-state index in [0.29, 0.717) is 47.9 Å². The lowest BCUT2D eigenvalue weighted by Gasteiger charge is -2.19. The van der Waals surface area contributed by atoms with E-state index < -0.39 is 17.6 Å². The molecule has 0 spiro atoms. The number of rotatable bonds is 3. The van der Waals surface area contributed by atoms with E-state index in [9.17, 15) is 13.6 Å². The third kappa shape index (κ3) is 3.56. The van der Waals surface area contributed by atoms with E-state index in [2.05, 4.69) is 5.16 Å². The lowest BCUT2D eigenvalue weighted by atomic mass is 10.0. The fourth-order valence-electron chi connectivity index (χ4n) is 2.30. The molecule has 0 unspecified atom stereocenters. The molecule has 0 saturated carbocycles. The Morgan fingerprint density at radius 2 is 2.00 bits per heavy atom. The molecule has 0 N–H and O–H groups in total. The van der Waals surface area contributed by atoms with Crippen molar-refractivity contribution in [3.05, 3.63) is 58.1 Å². The highest BCUT2D eigenvalue weighted by Crippen LogP contribution is 2.29. The van der Waals surface area contributed by atoms with Crippen molar-refractivity contribution in [1.29, 1.82) is 0 Å². The largest absolute Gasteiger partial charge is 0.497 e. The zero-order chi connectivity index (χ0) is 18.0. The molecule has 0 bridgehead atoms. The predicted molar refractivity (Wildman–Crippen MR) is 86.4 cm³/mol. The molecule has 8 heteroatoms. The van der Waals surface area contributed by atoms with Crippen molar-refractivity contribution in [3.8, 4) is 11.5 Å². The maximum absolute atomic E-state index is 13.3. The van der Waals surface area contributed by atoms with Crippen molar-refractivity contribution < 1.29 is 27.9 Å². The second-order valence-corrected chi connectivity index (χ2v) is 5.53. The zero-order valence-electron chi connectivity index (χ0n) is 13.0. The highest BCUT2D eigenvalue weighted by atomic mass is 35.5. The van der Waals surface area contributed by atoms with Crippen LogP contribution in [0.1, 0.15) is 22.3 Å². The first-order valence-electron chi connectivity index (χ1n) is 7.23. The van der Waals surface area contributed by atoms with Crippen molar-refractivity contribution in [2.75, 3.05) is 13.7 Å². The summed E-state index contributed by atoms with van der Waals surface area (Å²) in [7, 11) is 1.53. The Bertz CT molecular complexity index is 870. The van der Waals surface area contributed by atoms with Gasteiger partial charge in [-0.2, -0.15) is 0 Å². The molecule has 3 rings (SSSR count). The van der Waals surface area contributed by atoms with Crippen LogP contribution in [0, 0.1) is 11.6 Å². The molecule has 0 atom stereocenters. The molecule has 1 aliphatic heterocycles. The molecule has 5 nitrogen and oxygen atoms in total. The number of benzene rings is 2. The number of carbonyl (C=O) groups excluding carboxylic acids is 1. The van der Waals surface area contributed by atoms with Gasteiger partial charge in [0.25, 0.3) is 0 Å². The van der Waals surface area contributed by atoms with Gasteiger partial charge in [-0.3, -0.25) is 0 Å². The molecular weight excluding hydrogens is 356 g/mol. The number of hydrogen-bond donors (Lipinski definition) is 0. The lowest BCUT2D eigenvalue weighted by Crippen LogP contribution is -2.17. The van der Waals surface area contributed by atoms with Gasteiger partial charge >= 0.3 is 5.97 Å². The minimum absolute atomic E-state index is 0.263. The molecule has 25 heavy (non-hydrogen) atoms. The molecule has 0 fully saturated rings. The number of halogens is 3. The van der Waals surface area contributed by atoms with Gasteiger partial charge in [0.2, 0.25) is 0 Å². The topological polar surface area (TPSA) is 57.1 Å². The summed E-state index contributed by atoms with van der Waals surface area (Å²) in [6, 6.07) is 6.51. The summed E-state index contributed by atoms with van der Waals surface area (Å²) in [6.45, 7) is 0.350. The van der Waals surface area contributed by atoms with Crippen LogP contribution in [-0.2, 0) is 4.84 Å². The predicted octanol–water partition coefficient (Wildman–Crippen LogP) is 3.97. The van der Waals surface area contributed by atoms with Crippen LogP contribution in [0.15, 0.2) is 35.5 Å². The maximum atomic E-state index is 13.3. The van der Waals surface area contributed by atoms with Gasteiger partial charge in [-0.1, -0.05) is 16.8 Å². The van der Waals surface area contributed by atoms with E-state index in [1.807, 2.05) is 0 Å². The monoisotopic (exact) mass is 367 g/mol. The van der Waals surface area contributed by atoms with Gasteiger partial charge in [0.1, 0.15) is 11.5 Å². The van der Waals surface area contributed by atoms with Gasteiger partial charge < -0.3 is 14.3 Å². The highest BCUT2D eigenvalue weighted by Gasteiger charge is 2.20. The number of methoxy groups -OCH3 is 1. The Morgan fingerprint density at radius 3 is 2.76 bits per heavy atom. The second kappa shape index (κ2) is 7.06. The van der Waals surface area contributed by atoms with Gasteiger partial charge in [-0.15, -0.1) is 0 Å². The van der Waals surface area contributed by atoms with Crippen molar-refractivity contribution in [2.45, 2.75) is 6.42 Å². The molecule has 2 aromatic carbocycles. The van der Waals surface area contributed by atoms with Gasteiger partial charge in [-0.05, 0) is 24.3 Å². The van der Waals surface area contributed by atoms with E-state index in [0.717, 1.165) is 0 Å². The summed E-state index contributed by atoms with van der Waals surface area (Å²) in [4.78, 5) is 16.9. The molecule has 0 aliphatic carbocycles. The molecule has 1 heterocycles. The number of oxime groups is 1. The zero-order valence-corrected chi connectivity index (χ0v) is 13.8. The molecule has 0 aromatic heterocycles. The Morgan fingerprint density at radius 1 is 1.24 bits per heavy atom. The highest BCUT2D eigenvalue weighted by molar-refractivity contribution is 6.33. The van der Waals surface area contributed by atoms with Gasteiger partial charge in [0, 0.05) is 18.1 Å². The standard InChI is InChI=1S/C17H12ClF2NO4/c1-23-9-2-3-10-15(4-5-24-16(10)6-9)21-25-17(22)11-7-13(19)14(20)8-12(11)18/h2-3,6-8H,4-5H2,1H3/b21-15-. The van der Waals surface area contributed by atoms with Gasteiger partial charge in [-0.25, -0.2) is 13.6 Å². The summed E-state index contributed by atoms with van der Waals surface area (Å²) in [5, 5.41) is 3.56. The van der Waals surface area contributed by atoms with Crippen LogP contribution in [0.4, 0.5) is 8.78 Å². The van der Waals surface area contributed by atoms with E-state index >= 15 is 0 Å². The molecule has 0 amide bonds. The van der Waals surface area contributed by atoms with Gasteiger partial charge in [0.05, 0.1) is 30.0 Å². The second-order valence-electron chi connectivity index (χ2n) is 5.12. The van der Waals surface area contributed by atoms with Crippen molar-refractivity contribution in [1.82, 2.24) is 0 Å². The van der Waals surface area contributed by atoms with Crippen molar-refractivity contribution in [2.24, 2.45) is 5.16 Å². The Kier molecular flexibility index (Phi) is 4.85. The van der Waals surface area contributed by atoms with E-state index in [-0.39, 0.29) is 10.6 Å².